The van der Waals surface area contributed by atoms with Crippen molar-refractivity contribution in [1.29, 1.82) is 0 Å². The van der Waals surface area contributed by atoms with E-state index in [1.54, 1.807) is 0 Å². The molecule has 15 heavy (non-hydrogen) atoms. The van der Waals surface area contributed by atoms with Crippen LogP contribution in [0.3, 0.4) is 0 Å². The molecule has 1 heterocycles. The van der Waals surface area contributed by atoms with Gasteiger partial charge in [-0.25, -0.2) is 0 Å². The molecule has 2 saturated carbocycles. The third kappa shape index (κ3) is 1.39. The second kappa shape index (κ2) is 3.46. The summed E-state index contributed by atoms with van der Waals surface area (Å²) in [7, 11) is 0. The van der Waals surface area contributed by atoms with Gasteiger partial charge in [0.25, 0.3) is 0 Å². The Hall–Kier alpha value is -0.610. The van der Waals surface area contributed by atoms with E-state index in [0.29, 0.717) is 5.92 Å². The number of amides is 1. The van der Waals surface area contributed by atoms with Crippen LogP contribution in [0.15, 0.2) is 0 Å². The standard InChI is InChI=1S/C11H18N2O2/c12-8-7-4-5-15-10(7)9(8)13-11(14)6-2-1-3-6/h6-10H,1-5,12H2,(H,13,14). The molecule has 3 rings (SSSR count). The summed E-state index contributed by atoms with van der Waals surface area (Å²) in [5.74, 6) is 0.921. The maximum absolute atomic E-state index is 11.7. The zero-order valence-corrected chi connectivity index (χ0v) is 8.82. The number of hydrogen-bond acceptors (Lipinski definition) is 3. The third-order valence-electron chi connectivity index (χ3n) is 4.23. The van der Waals surface area contributed by atoms with Gasteiger partial charge in [0.1, 0.15) is 0 Å². The maximum Gasteiger partial charge on any atom is 0.223 e. The summed E-state index contributed by atoms with van der Waals surface area (Å²) in [6, 6.07) is 0.187. The van der Waals surface area contributed by atoms with Crippen molar-refractivity contribution in [3.8, 4) is 0 Å². The average Bonchev–Trinajstić information content (AvgIpc) is 2.55. The molecule has 1 amide bonds. The first-order valence-corrected chi connectivity index (χ1v) is 5.95. The molecule has 0 aromatic heterocycles. The molecular formula is C11H18N2O2. The van der Waals surface area contributed by atoms with Gasteiger partial charge in [0.05, 0.1) is 12.1 Å². The molecule has 0 aromatic carbocycles. The van der Waals surface area contributed by atoms with E-state index >= 15 is 0 Å². The van der Waals surface area contributed by atoms with E-state index in [4.69, 9.17) is 10.5 Å². The molecule has 3 N–H and O–H groups in total. The lowest BCUT2D eigenvalue weighted by atomic mass is 9.71. The number of nitrogens with one attached hydrogen (secondary N) is 1. The van der Waals surface area contributed by atoms with Crippen LogP contribution in [0.1, 0.15) is 25.7 Å². The van der Waals surface area contributed by atoms with E-state index in [1.165, 1.54) is 6.42 Å². The quantitative estimate of drug-likeness (QED) is 0.675. The molecule has 1 aliphatic heterocycles. The van der Waals surface area contributed by atoms with E-state index in [-0.39, 0.29) is 30.0 Å². The molecule has 0 aromatic rings. The Balaban J connectivity index is 1.56. The highest BCUT2D eigenvalue weighted by atomic mass is 16.5. The first-order valence-electron chi connectivity index (χ1n) is 5.95. The molecule has 4 nitrogen and oxygen atoms in total. The van der Waals surface area contributed by atoms with E-state index in [2.05, 4.69) is 5.32 Å². The van der Waals surface area contributed by atoms with Crippen molar-refractivity contribution in [1.82, 2.24) is 5.32 Å². The number of carbonyl (C=O) groups is 1. The lowest BCUT2D eigenvalue weighted by Crippen LogP contribution is -2.69. The first kappa shape index (κ1) is 9.60. The van der Waals surface area contributed by atoms with Gasteiger partial charge in [-0.1, -0.05) is 6.42 Å². The molecule has 0 bridgehead atoms. The van der Waals surface area contributed by atoms with Gasteiger partial charge in [-0.15, -0.1) is 0 Å². The molecule has 0 spiro atoms. The van der Waals surface area contributed by atoms with Crippen LogP contribution >= 0.6 is 0 Å². The molecule has 4 atom stereocenters. The summed E-state index contributed by atoms with van der Waals surface area (Å²) in [4.78, 5) is 11.7. The smallest absolute Gasteiger partial charge is 0.223 e. The number of nitrogens with two attached hydrogens (primary N) is 1. The minimum Gasteiger partial charge on any atom is -0.376 e. The fourth-order valence-electron chi connectivity index (χ4n) is 2.88. The number of hydrogen-bond donors (Lipinski definition) is 2. The van der Waals surface area contributed by atoms with Crippen molar-refractivity contribution in [3.05, 3.63) is 0 Å². The molecular weight excluding hydrogens is 192 g/mol. The molecule has 1 saturated heterocycles. The van der Waals surface area contributed by atoms with Gasteiger partial charge in [0.2, 0.25) is 5.91 Å². The number of rotatable bonds is 2. The monoisotopic (exact) mass is 210 g/mol. The maximum atomic E-state index is 11.7. The summed E-state index contributed by atoms with van der Waals surface area (Å²) >= 11 is 0. The van der Waals surface area contributed by atoms with Gasteiger partial charge < -0.3 is 15.8 Å². The van der Waals surface area contributed by atoms with Crippen LogP contribution in [0.5, 0.6) is 0 Å². The van der Waals surface area contributed by atoms with Crippen LogP contribution in [0, 0.1) is 11.8 Å². The van der Waals surface area contributed by atoms with Crippen LogP contribution in [0.4, 0.5) is 0 Å². The van der Waals surface area contributed by atoms with E-state index < -0.39 is 0 Å². The molecule has 4 heteroatoms. The summed E-state index contributed by atoms with van der Waals surface area (Å²) in [5.41, 5.74) is 6.02. The van der Waals surface area contributed by atoms with Crippen LogP contribution in [-0.4, -0.2) is 30.7 Å². The SMILES string of the molecule is NC1C2CCOC2C1NC(=O)C1CCC1. The summed E-state index contributed by atoms with van der Waals surface area (Å²) in [5, 5.41) is 3.05. The predicted molar refractivity (Wildman–Crippen MR) is 55.1 cm³/mol. The highest BCUT2D eigenvalue weighted by Gasteiger charge is 2.53. The highest BCUT2D eigenvalue weighted by Crippen LogP contribution is 2.38. The van der Waals surface area contributed by atoms with E-state index in [0.717, 1.165) is 25.9 Å². The minimum absolute atomic E-state index is 0.0746. The molecule has 3 aliphatic rings. The van der Waals surface area contributed by atoms with Gasteiger partial charge in [0, 0.05) is 24.5 Å². The number of carbonyl (C=O) groups excluding carboxylic acids is 1. The Morgan fingerprint density at radius 3 is 2.80 bits per heavy atom. The molecule has 4 unspecified atom stereocenters. The summed E-state index contributed by atoms with van der Waals surface area (Å²) < 4.78 is 5.57. The molecule has 3 fully saturated rings. The number of ether oxygens (including phenoxy) is 1. The minimum atomic E-state index is 0.0746. The Kier molecular flexibility index (Phi) is 2.21. The van der Waals surface area contributed by atoms with E-state index in [1.807, 2.05) is 0 Å². The van der Waals surface area contributed by atoms with E-state index in [9.17, 15) is 4.79 Å². The fraction of sp³-hybridized carbons (Fsp3) is 0.909. The average molecular weight is 210 g/mol. The third-order valence-corrected chi connectivity index (χ3v) is 4.23. The van der Waals surface area contributed by atoms with Gasteiger partial charge in [-0.05, 0) is 19.3 Å². The van der Waals surface area contributed by atoms with Crippen molar-refractivity contribution in [3.63, 3.8) is 0 Å². The van der Waals surface area contributed by atoms with Crippen molar-refractivity contribution in [2.45, 2.75) is 43.9 Å². The van der Waals surface area contributed by atoms with Crippen molar-refractivity contribution >= 4 is 5.91 Å². The van der Waals surface area contributed by atoms with Crippen molar-refractivity contribution < 1.29 is 9.53 Å². The molecule has 2 aliphatic carbocycles. The Morgan fingerprint density at radius 1 is 1.33 bits per heavy atom. The zero-order chi connectivity index (χ0) is 10.4. The normalized spacial score (nSPS) is 44.1. The van der Waals surface area contributed by atoms with Gasteiger partial charge >= 0.3 is 0 Å². The topological polar surface area (TPSA) is 64.3 Å². The van der Waals surface area contributed by atoms with Crippen LogP contribution in [-0.2, 0) is 9.53 Å². The van der Waals surface area contributed by atoms with Gasteiger partial charge in [-0.2, -0.15) is 0 Å². The summed E-state index contributed by atoms with van der Waals surface area (Å²) in [6.07, 6.45) is 4.54. The van der Waals surface area contributed by atoms with Crippen LogP contribution < -0.4 is 11.1 Å². The second-order valence-corrected chi connectivity index (χ2v) is 5.03. The van der Waals surface area contributed by atoms with Crippen LogP contribution in [0.2, 0.25) is 0 Å². The van der Waals surface area contributed by atoms with Crippen molar-refractivity contribution in [2.75, 3.05) is 6.61 Å². The first-order chi connectivity index (χ1) is 7.27. The van der Waals surface area contributed by atoms with Crippen molar-refractivity contribution in [2.24, 2.45) is 17.6 Å². The lowest BCUT2D eigenvalue weighted by molar-refractivity contribution is -0.132. The molecule has 0 radical (unpaired) electrons. The number of fused-ring (bicyclic) bond motifs is 1. The fourth-order valence-corrected chi connectivity index (χ4v) is 2.88. The Bertz CT molecular complexity index is 278. The van der Waals surface area contributed by atoms with Gasteiger partial charge in [0.15, 0.2) is 0 Å². The van der Waals surface area contributed by atoms with Gasteiger partial charge in [-0.3, -0.25) is 4.79 Å². The van der Waals surface area contributed by atoms with Crippen LogP contribution in [0.25, 0.3) is 0 Å². The predicted octanol–water partition coefficient (Wildman–Crippen LogP) is 0.0173. The second-order valence-electron chi connectivity index (χ2n) is 5.03. The lowest BCUT2D eigenvalue weighted by Gasteiger charge is -2.46. The highest BCUT2D eigenvalue weighted by molar-refractivity contribution is 5.80. The zero-order valence-electron chi connectivity index (χ0n) is 8.82. The largest absolute Gasteiger partial charge is 0.376 e. The summed E-state index contributed by atoms with van der Waals surface area (Å²) in [6.45, 7) is 0.804. The molecule has 84 valence electrons. The Labute approximate surface area is 89.5 Å². The Morgan fingerprint density at radius 2 is 2.13 bits per heavy atom.